The van der Waals surface area contributed by atoms with Crippen LogP contribution in [-0.2, 0) is 4.79 Å². The minimum Gasteiger partial charge on any atom is -0.335 e. The van der Waals surface area contributed by atoms with Crippen LogP contribution in [0.3, 0.4) is 0 Å². The number of carbonyl (C=O) groups is 1. The first-order valence-electron chi connectivity index (χ1n) is 11.2. The number of halogens is 1. The van der Waals surface area contributed by atoms with Gasteiger partial charge in [-0.05, 0) is 18.2 Å². The van der Waals surface area contributed by atoms with Crippen LogP contribution < -0.4 is 5.32 Å². The number of nitrogens with one attached hydrogen (secondary N) is 3. The number of carbonyl (C=O) groups excluding carboxylic acids is 1. The number of fused-ring (bicyclic) bond motifs is 2. The number of pyridine rings is 4. The molecule has 0 spiro atoms. The Labute approximate surface area is 203 Å². The smallest absolute Gasteiger partial charge is 0.224 e. The standard InChI is InChI=1S/C25H18FN9O/c1-2-19(36)31-14-7-13(8-27-9-14)22-21(26)20-17(12-30-22)34-35-24(20)25-32-18-11-28-10-15(23(18)33-25)16-5-3-4-6-29-16/h3-12H,2H2,1H3,(H,31,36)(H,32,33)(H,34,35). The molecule has 0 aliphatic carbocycles. The van der Waals surface area contributed by atoms with E-state index in [2.05, 4.69) is 40.4 Å². The van der Waals surface area contributed by atoms with Crippen molar-refractivity contribution in [2.45, 2.75) is 13.3 Å². The predicted octanol–water partition coefficient (Wildman–Crippen LogP) is 4.51. The maximum Gasteiger partial charge on any atom is 0.224 e. The van der Waals surface area contributed by atoms with Gasteiger partial charge in [0.05, 0.1) is 46.4 Å². The van der Waals surface area contributed by atoms with Gasteiger partial charge in [-0.3, -0.25) is 29.8 Å². The molecule has 6 heterocycles. The first-order chi connectivity index (χ1) is 17.6. The second-order valence-electron chi connectivity index (χ2n) is 8.03. The Balaban J connectivity index is 1.47. The Hall–Kier alpha value is -5.06. The van der Waals surface area contributed by atoms with Crippen LogP contribution in [0.25, 0.3) is 56.0 Å². The lowest BCUT2D eigenvalue weighted by Gasteiger charge is -2.07. The van der Waals surface area contributed by atoms with Crippen molar-refractivity contribution in [3.63, 3.8) is 0 Å². The number of aromatic amines is 2. The summed E-state index contributed by atoms with van der Waals surface area (Å²) in [4.78, 5) is 36.8. The van der Waals surface area contributed by atoms with Crippen molar-refractivity contribution in [2.75, 3.05) is 5.32 Å². The van der Waals surface area contributed by atoms with Gasteiger partial charge in [0.15, 0.2) is 11.6 Å². The second kappa shape index (κ2) is 8.62. The van der Waals surface area contributed by atoms with Crippen molar-refractivity contribution in [1.82, 2.24) is 40.1 Å². The third kappa shape index (κ3) is 3.63. The average Bonchev–Trinajstić information content (AvgIpc) is 3.54. The summed E-state index contributed by atoms with van der Waals surface area (Å²) in [6.07, 6.45) is 9.85. The lowest BCUT2D eigenvalue weighted by Crippen LogP contribution is -2.09. The number of imidazole rings is 1. The zero-order valence-electron chi connectivity index (χ0n) is 19.0. The molecular weight excluding hydrogens is 461 g/mol. The van der Waals surface area contributed by atoms with Crippen molar-refractivity contribution in [1.29, 1.82) is 0 Å². The van der Waals surface area contributed by atoms with Crippen LogP contribution in [0.1, 0.15) is 13.3 Å². The molecule has 6 rings (SSSR count). The fourth-order valence-corrected chi connectivity index (χ4v) is 3.99. The number of amides is 1. The molecule has 11 heteroatoms. The summed E-state index contributed by atoms with van der Waals surface area (Å²) >= 11 is 0. The highest BCUT2D eigenvalue weighted by molar-refractivity contribution is 5.97. The van der Waals surface area contributed by atoms with Crippen molar-refractivity contribution in [3.05, 3.63) is 67.3 Å². The maximum atomic E-state index is 15.9. The molecule has 36 heavy (non-hydrogen) atoms. The monoisotopic (exact) mass is 479 g/mol. The van der Waals surface area contributed by atoms with Crippen molar-refractivity contribution in [2.24, 2.45) is 0 Å². The van der Waals surface area contributed by atoms with E-state index in [1.54, 1.807) is 31.6 Å². The Bertz CT molecular complexity index is 1740. The Morgan fingerprint density at radius 1 is 1.03 bits per heavy atom. The Kier molecular flexibility index (Phi) is 5.14. The summed E-state index contributed by atoms with van der Waals surface area (Å²) in [7, 11) is 0. The molecule has 0 aromatic carbocycles. The van der Waals surface area contributed by atoms with Crippen molar-refractivity contribution >= 4 is 33.5 Å². The molecule has 0 aliphatic heterocycles. The van der Waals surface area contributed by atoms with Gasteiger partial charge in [-0.1, -0.05) is 13.0 Å². The summed E-state index contributed by atoms with van der Waals surface area (Å²) in [6, 6.07) is 7.22. The van der Waals surface area contributed by atoms with Crippen LogP contribution in [0, 0.1) is 5.82 Å². The highest BCUT2D eigenvalue weighted by atomic mass is 19.1. The molecule has 6 aromatic rings. The largest absolute Gasteiger partial charge is 0.335 e. The summed E-state index contributed by atoms with van der Waals surface area (Å²) in [5.41, 5.74) is 4.46. The lowest BCUT2D eigenvalue weighted by molar-refractivity contribution is -0.115. The summed E-state index contributed by atoms with van der Waals surface area (Å²) < 4.78 is 15.9. The molecule has 1 amide bonds. The molecule has 176 valence electrons. The van der Waals surface area contributed by atoms with E-state index in [1.807, 2.05) is 18.2 Å². The molecule has 0 saturated heterocycles. The predicted molar refractivity (Wildman–Crippen MR) is 132 cm³/mol. The molecule has 0 radical (unpaired) electrons. The number of hydrogen-bond donors (Lipinski definition) is 3. The van der Waals surface area contributed by atoms with E-state index < -0.39 is 5.82 Å². The SMILES string of the molecule is CCC(=O)Nc1cncc(-c2ncc3[nH]nc(-c4nc5c(-c6ccccn6)cncc5[nH]4)c3c2F)c1. The molecule has 0 fully saturated rings. The molecule has 0 unspecified atom stereocenters. The molecule has 0 aliphatic rings. The fraction of sp³-hybridized carbons (Fsp3) is 0.0800. The van der Waals surface area contributed by atoms with Gasteiger partial charge in [0, 0.05) is 36.1 Å². The molecule has 3 N–H and O–H groups in total. The molecule has 10 nitrogen and oxygen atoms in total. The van der Waals surface area contributed by atoms with E-state index in [0.29, 0.717) is 45.7 Å². The number of hydrogen-bond acceptors (Lipinski definition) is 7. The van der Waals surface area contributed by atoms with Crippen LogP contribution in [0.5, 0.6) is 0 Å². The van der Waals surface area contributed by atoms with E-state index in [-0.39, 0.29) is 17.0 Å². The van der Waals surface area contributed by atoms with E-state index in [1.165, 1.54) is 18.6 Å². The first-order valence-corrected chi connectivity index (χ1v) is 11.2. The first kappa shape index (κ1) is 21.5. The normalized spacial score (nSPS) is 11.3. The van der Waals surface area contributed by atoms with Gasteiger partial charge in [0.2, 0.25) is 5.91 Å². The number of nitrogens with zero attached hydrogens (tertiary/aromatic N) is 6. The third-order valence-electron chi connectivity index (χ3n) is 5.72. The average molecular weight is 479 g/mol. The van der Waals surface area contributed by atoms with Gasteiger partial charge < -0.3 is 10.3 Å². The molecule has 0 atom stereocenters. The minimum atomic E-state index is -0.583. The van der Waals surface area contributed by atoms with Crippen LogP contribution in [0.4, 0.5) is 10.1 Å². The van der Waals surface area contributed by atoms with Gasteiger partial charge >= 0.3 is 0 Å². The van der Waals surface area contributed by atoms with Crippen LogP contribution in [-0.4, -0.2) is 46.0 Å². The number of H-pyrrole nitrogens is 2. The van der Waals surface area contributed by atoms with Gasteiger partial charge in [0.25, 0.3) is 0 Å². The van der Waals surface area contributed by atoms with Crippen LogP contribution >= 0.6 is 0 Å². The van der Waals surface area contributed by atoms with Gasteiger partial charge in [-0.25, -0.2) is 9.37 Å². The highest BCUT2D eigenvalue weighted by Crippen LogP contribution is 2.34. The van der Waals surface area contributed by atoms with Gasteiger partial charge in [0.1, 0.15) is 16.9 Å². The zero-order valence-corrected chi connectivity index (χ0v) is 19.0. The summed E-state index contributed by atoms with van der Waals surface area (Å²) in [6.45, 7) is 1.75. The zero-order chi connectivity index (χ0) is 24.6. The Morgan fingerprint density at radius 2 is 1.92 bits per heavy atom. The molecule has 0 bridgehead atoms. The summed E-state index contributed by atoms with van der Waals surface area (Å²) in [5, 5.41) is 10.1. The van der Waals surface area contributed by atoms with Gasteiger partial charge in [-0.15, -0.1) is 0 Å². The van der Waals surface area contributed by atoms with E-state index in [0.717, 1.165) is 11.3 Å². The van der Waals surface area contributed by atoms with E-state index in [9.17, 15) is 4.79 Å². The quantitative estimate of drug-likeness (QED) is 0.331. The lowest BCUT2D eigenvalue weighted by atomic mass is 10.1. The highest BCUT2D eigenvalue weighted by Gasteiger charge is 2.21. The molecule has 6 aromatic heterocycles. The van der Waals surface area contributed by atoms with E-state index in [4.69, 9.17) is 4.98 Å². The van der Waals surface area contributed by atoms with E-state index >= 15 is 4.39 Å². The molecule has 0 saturated carbocycles. The van der Waals surface area contributed by atoms with Gasteiger partial charge in [-0.2, -0.15) is 5.10 Å². The van der Waals surface area contributed by atoms with Crippen molar-refractivity contribution in [3.8, 4) is 34.0 Å². The third-order valence-corrected chi connectivity index (χ3v) is 5.72. The van der Waals surface area contributed by atoms with Crippen LogP contribution in [0.2, 0.25) is 0 Å². The van der Waals surface area contributed by atoms with Crippen molar-refractivity contribution < 1.29 is 9.18 Å². The topological polar surface area (TPSA) is 138 Å². The number of anilines is 1. The van der Waals surface area contributed by atoms with Crippen LogP contribution in [0.15, 0.2) is 61.4 Å². The maximum absolute atomic E-state index is 15.9. The number of aromatic nitrogens is 8. The second-order valence-corrected chi connectivity index (χ2v) is 8.03. The molecular formula is C25H18FN9O. The number of rotatable bonds is 5. The fourth-order valence-electron chi connectivity index (χ4n) is 3.99. The summed E-state index contributed by atoms with van der Waals surface area (Å²) in [5.74, 6) is -0.375. The Morgan fingerprint density at radius 3 is 2.75 bits per heavy atom. The minimum absolute atomic E-state index is 0.0807.